The number of rotatable bonds is 10. The van der Waals surface area contributed by atoms with E-state index in [1.807, 2.05) is 4.98 Å². The average molecular weight is 546 g/mol. The molecule has 0 saturated carbocycles. The smallest absolute Gasteiger partial charge is 0.459 e. The van der Waals surface area contributed by atoms with E-state index in [4.69, 9.17) is 38.0 Å². The number of aromatic nitrogens is 2. The maximum absolute atomic E-state index is 13.5. The van der Waals surface area contributed by atoms with E-state index >= 15 is 0 Å². The highest BCUT2D eigenvalue weighted by atomic mass is 35.5. The first kappa shape index (κ1) is 28.1. The van der Waals surface area contributed by atoms with Gasteiger partial charge in [-0.15, -0.1) is 11.6 Å². The van der Waals surface area contributed by atoms with Crippen LogP contribution in [-0.4, -0.2) is 64.7 Å². The number of aromatic amines is 1. The zero-order valence-corrected chi connectivity index (χ0v) is 20.8. The summed E-state index contributed by atoms with van der Waals surface area (Å²) in [7, 11) is 1.61. The molecule has 1 aliphatic rings. The molecule has 0 amide bonds. The molecule has 6 atom stereocenters. The number of nitrogens with one attached hydrogen (secondary N) is 2. The van der Waals surface area contributed by atoms with Crippen LogP contribution in [0, 0.1) is 5.82 Å². The van der Waals surface area contributed by atoms with E-state index in [0.717, 1.165) is 29.0 Å². The summed E-state index contributed by atoms with van der Waals surface area (Å²) in [6, 6.07) is 4.36. The standard InChI is InChI=1S/C20H23BClFN3O9P/c1-3-32-17(29)11(2)25-36(31,35-13-6-4-12(23)5-7-13)33-10-14-16(28)20(21,22)18(34-14)26-9-8-15(27)24-19(26)30/h4-9,11,14,16,18,28H,3,10H2,1-2H3,(H,25,31)(H,24,27,30)/t11-,14+,16+,18+,20-,36-/m0/s1. The van der Waals surface area contributed by atoms with Crippen molar-refractivity contribution in [3.05, 3.63) is 63.2 Å². The van der Waals surface area contributed by atoms with E-state index in [1.165, 1.54) is 19.1 Å². The van der Waals surface area contributed by atoms with Crippen LogP contribution in [0.15, 0.2) is 46.1 Å². The van der Waals surface area contributed by atoms with Gasteiger partial charge in [0.15, 0.2) is 6.23 Å². The molecular weight excluding hydrogens is 522 g/mol. The maximum atomic E-state index is 13.5. The molecule has 3 N–H and O–H groups in total. The molecule has 2 radical (unpaired) electrons. The molecule has 0 aliphatic carbocycles. The first-order valence-corrected chi connectivity index (χ1v) is 12.6. The fourth-order valence-electron chi connectivity index (χ4n) is 3.25. The van der Waals surface area contributed by atoms with Crippen LogP contribution in [-0.2, 0) is 23.4 Å². The first-order valence-electron chi connectivity index (χ1n) is 10.6. The number of carbonyl (C=O) groups is 1. The number of benzene rings is 1. The fraction of sp³-hybridized carbons (Fsp3) is 0.450. The summed E-state index contributed by atoms with van der Waals surface area (Å²) in [5.74, 6) is -1.38. The molecule has 0 bridgehead atoms. The largest absolute Gasteiger partial charge is 0.465 e. The lowest BCUT2D eigenvalue weighted by Gasteiger charge is -2.27. The van der Waals surface area contributed by atoms with E-state index in [0.29, 0.717) is 0 Å². The highest BCUT2D eigenvalue weighted by Crippen LogP contribution is 2.47. The Morgan fingerprint density at radius 1 is 1.39 bits per heavy atom. The molecule has 1 fully saturated rings. The topological polar surface area (TPSA) is 158 Å². The van der Waals surface area contributed by atoms with Gasteiger partial charge in [0.2, 0.25) is 0 Å². The Hall–Kier alpha value is -2.48. The van der Waals surface area contributed by atoms with Crippen molar-refractivity contribution in [1.82, 2.24) is 14.6 Å². The molecule has 0 spiro atoms. The third-order valence-electron chi connectivity index (χ3n) is 5.03. The van der Waals surface area contributed by atoms with E-state index in [9.17, 15) is 28.4 Å². The van der Waals surface area contributed by atoms with Gasteiger partial charge in [-0.05, 0) is 38.1 Å². The van der Waals surface area contributed by atoms with Crippen molar-refractivity contribution in [2.75, 3.05) is 13.2 Å². The first-order chi connectivity index (χ1) is 16.9. The lowest BCUT2D eigenvalue weighted by Crippen LogP contribution is -2.45. The summed E-state index contributed by atoms with van der Waals surface area (Å²) in [6.45, 7) is 2.37. The van der Waals surface area contributed by atoms with Crippen molar-refractivity contribution in [1.29, 1.82) is 0 Å². The fourth-order valence-corrected chi connectivity index (χ4v) is 5.05. The highest BCUT2D eigenvalue weighted by molar-refractivity contribution is 7.52. The van der Waals surface area contributed by atoms with E-state index < -0.39 is 66.6 Å². The van der Waals surface area contributed by atoms with Crippen molar-refractivity contribution >= 4 is 33.2 Å². The Morgan fingerprint density at radius 2 is 2.06 bits per heavy atom. The molecule has 1 saturated heterocycles. The number of ether oxygens (including phenoxy) is 2. The molecule has 2 heterocycles. The van der Waals surface area contributed by atoms with Crippen LogP contribution >= 0.6 is 19.3 Å². The summed E-state index contributed by atoms with van der Waals surface area (Å²) >= 11 is 6.26. The van der Waals surface area contributed by atoms with Crippen LogP contribution in [0.3, 0.4) is 0 Å². The summed E-state index contributed by atoms with van der Waals surface area (Å²) < 4.78 is 46.9. The van der Waals surface area contributed by atoms with E-state index in [-0.39, 0.29) is 12.4 Å². The second-order valence-corrected chi connectivity index (χ2v) is 10.1. The Balaban J connectivity index is 1.81. The highest BCUT2D eigenvalue weighted by Gasteiger charge is 2.53. The number of carbonyl (C=O) groups excluding carboxylic acids is 1. The number of halogens is 2. The number of nitrogens with zero attached hydrogens (tertiary/aromatic N) is 1. The normalized spacial score (nSPS) is 26.2. The summed E-state index contributed by atoms with van der Waals surface area (Å²) in [6.07, 6.45) is -3.35. The lowest BCUT2D eigenvalue weighted by molar-refractivity contribution is -0.144. The van der Waals surface area contributed by atoms with Gasteiger partial charge in [0.1, 0.15) is 31.6 Å². The van der Waals surface area contributed by atoms with Gasteiger partial charge in [0, 0.05) is 12.3 Å². The van der Waals surface area contributed by atoms with Gasteiger partial charge >= 0.3 is 19.4 Å². The number of hydrogen-bond acceptors (Lipinski definition) is 9. The third-order valence-corrected chi connectivity index (χ3v) is 7.09. The Kier molecular flexibility index (Phi) is 8.81. The minimum absolute atomic E-state index is 0.0561. The second-order valence-electron chi connectivity index (χ2n) is 7.76. The maximum Gasteiger partial charge on any atom is 0.459 e. The predicted molar refractivity (Wildman–Crippen MR) is 125 cm³/mol. The van der Waals surface area contributed by atoms with Gasteiger partial charge in [-0.25, -0.2) is 13.8 Å². The molecular formula is C20H23BClFN3O9P. The zero-order valence-electron chi connectivity index (χ0n) is 19.1. The van der Waals surface area contributed by atoms with Crippen LogP contribution in [0.5, 0.6) is 5.75 Å². The number of aliphatic hydroxyl groups is 1. The average Bonchev–Trinajstić information content (AvgIpc) is 3.03. The number of esters is 1. The van der Waals surface area contributed by atoms with Gasteiger partial charge in [-0.1, -0.05) is 0 Å². The van der Waals surface area contributed by atoms with Crippen LogP contribution in [0.25, 0.3) is 0 Å². The SMILES string of the molecule is [B][C@]1(Cl)[C@H](O)[C@@H](CO[P@@](=O)(N[C@@H](C)C(=O)OCC)Oc2ccc(F)cc2)O[C@H]1n1ccc(=O)[nH]c1=O. The molecule has 36 heavy (non-hydrogen) atoms. The number of H-pyrrole nitrogens is 1. The monoisotopic (exact) mass is 545 g/mol. The quantitative estimate of drug-likeness (QED) is 0.169. The Bertz CT molecular complexity index is 1240. The number of hydrogen-bond donors (Lipinski definition) is 3. The molecule has 1 aromatic heterocycles. The van der Waals surface area contributed by atoms with Gasteiger partial charge in [0.05, 0.1) is 24.1 Å². The second kappa shape index (κ2) is 11.3. The number of alkyl halides is 1. The van der Waals surface area contributed by atoms with Crippen LogP contribution in [0.4, 0.5) is 4.39 Å². The van der Waals surface area contributed by atoms with Crippen molar-refractivity contribution in [2.45, 2.75) is 43.1 Å². The molecule has 12 nitrogen and oxygen atoms in total. The molecule has 3 rings (SSSR count). The lowest BCUT2D eigenvalue weighted by atomic mass is 9.79. The van der Waals surface area contributed by atoms with Crippen LogP contribution in [0.2, 0.25) is 0 Å². The van der Waals surface area contributed by atoms with E-state index in [1.54, 1.807) is 6.92 Å². The van der Waals surface area contributed by atoms with Gasteiger partial charge < -0.3 is 19.1 Å². The van der Waals surface area contributed by atoms with Gasteiger partial charge in [-0.2, -0.15) is 5.09 Å². The summed E-state index contributed by atoms with van der Waals surface area (Å²) in [4.78, 5) is 37.6. The van der Waals surface area contributed by atoms with Crippen molar-refractivity contribution in [3.63, 3.8) is 0 Å². The van der Waals surface area contributed by atoms with Crippen LogP contribution < -0.4 is 20.9 Å². The number of aliphatic hydroxyl groups excluding tert-OH is 1. The predicted octanol–water partition coefficient (Wildman–Crippen LogP) is 0.782. The zero-order chi connectivity index (χ0) is 26.7. The van der Waals surface area contributed by atoms with Crippen LogP contribution in [0.1, 0.15) is 20.1 Å². The molecule has 0 unspecified atom stereocenters. The van der Waals surface area contributed by atoms with Gasteiger partial charge in [-0.3, -0.25) is 23.7 Å². The molecule has 1 aliphatic heterocycles. The molecule has 16 heteroatoms. The summed E-state index contributed by atoms with van der Waals surface area (Å²) in [5.41, 5.74) is -1.57. The van der Waals surface area contributed by atoms with Crippen molar-refractivity contribution < 1.29 is 37.4 Å². The molecule has 2 aromatic rings. The van der Waals surface area contributed by atoms with E-state index in [2.05, 4.69) is 5.09 Å². The third kappa shape index (κ3) is 6.44. The minimum Gasteiger partial charge on any atom is -0.465 e. The Morgan fingerprint density at radius 3 is 2.67 bits per heavy atom. The molecule has 194 valence electrons. The van der Waals surface area contributed by atoms with Crippen molar-refractivity contribution in [2.24, 2.45) is 0 Å². The van der Waals surface area contributed by atoms with Crippen molar-refractivity contribution in [3.8, 4) is 5.75 Å². The Labute approximate surface area is 210 Å². The van der Waals surface area contributed by atoms with Gasteiger partial charge in [0.25, 0.3) is 5.56 Å². The molecule has 1 aromatic carbocycles. The summed E-state index contributed by atoms with van der Waals surface area (Å²) in [5, 5.41) is 13.0. The minimum atomic E-state index is -4.38.